The number of methoxy groups -OCH3 is 1. The third-order valence-electron chi connectivity index (χ3n) is 4.82. The van der Waals surface area contributed by atoms with Crippen LogP contribution >= 0.6 is 31.9 Å². The fourth-order valence-electron chi connectivity index (χ4n) is 3.54. The molecule has 2 N–H and O–H groups in total. The van der Waals surface area contributed by atoms with Crippen LogP contribution in [0.2, 0.25) is 0 Å². The Morgan fingerprint density at radius 1 is 0.964 bits per heavy atom. The van der Waals surface area contributed by atoms with E-state index in [1.807, 2.05) is 36.4 Å². The van der Waals surface area contributed by atoms with Gasteiger partial charge >= 0.3 is 0 Å². The average molecular weight is 504 g/mol. The van der Waals surface area contributed by atoms with Gasteiger partial charge in [0.15, 0.2) is 0 Å². The molecule has 144 valence electrons. The van der Waals surface area contributed by atoms with Crippen LogP contribution in [0.3, 0.4) is 0 Å². The predicted octanol–water partition coefficient (Wildman–Crippen LogP) is 5.80. The monoisotopic (exact) mass is 502 g/mol. The van der Waals surface area contributed by atoms with E-state index in [2.05, 4.69) is 66.0 Å². The predicted molar refractivity (Wildman–Crippen MR) is 122 cm³/mol. The van der Waals surface area contributed by atoms with Crippen molar-refractivity contribution in [3.8, 4) is 5.75 Å². The number of nitrogens with one attached hydrogen (secondary N) is 1. The second kappa shape index (κ2) is 8.15. The molecule has 0 aliphatic rings. The zero-order valence-corrected chi connectivity index (χ0v) is 18.5. The Balaban J connectivity index is 1.63. The third-order valence-corrected chi connectivity index (χ3v) is 5.80. The molecule has 3 aromatic carbocycles. The molecular formula is C22H20Br2N2O2. The third kappa shape index (κ3) is 3.77. The molecule has 0 saturated heterocycles. The molecule has 28 heavy (non-hydrogen) atoms. The van der Waals surface area contributed by atoms with Gasteiger partial charge in [0.25, 0.3) is 0 Å². The molecule has 6 heteroatoms. The molecule has 0 bridgehead atoms. The molecule has 1 atom stereocenters. The van der Waals surface area contributed by atoms with E-state index in [-0.39, 0.29) is 0 Å². The number of aromatic nitrogens is 1. The first-order valence-corrected chi connectivity index (χ1v) is 10.6. The van der Waals surface area contributed by atoms with E-state index < -0.39 is 6.10 Å². The van der Waals surface area contributed by atoms with Crippen molar-refractivity contribution >= 4 is 59.4 Å². The molecule has 0 spiro atoms. The largest absolute Gasteiger partial charge is 0.495 e. The topological polar surface area (TPSA) is 46.4 Å². The first kappa shape index (κ1) is 19.3. The average Bonchev–Trinajstić information content (AvgIpc) is 2.98. The SMILES string of the molecule is COc1ccccc1NC[C@@H](O)Cn1c2ccc(Br)cc2c2cc(Br)ccc21. The zero-order valence-electron chi connectivity index (χ0n) is 15.3. The van der Waals surface area contributed by atoms with Gasteiger partial charge in [-0.3, -0.25) is 0 Å². The fraction of sp³-hybridized carbons (Fsp3) is 0.182. The molecule has 0 aliphatic heterocycles. The molecule has 0 unspecified atom stereocenters. The summed E-state index contributed by atoms with van der Waals surface area (Å²) < 4.78 is 9.62. The van der Waals surface area contributed by atoms with Crippen LogP contribution in [-0.2, 0) is 6.54 Å². The van der Waals surface area contributed by atoms with Crippen molar-refractivity contribution in [3.63, 3.8) is 0 Å². The van der Waals surface area contributed by atoms with Crippen molar-refractivity contribution < 1.29 is 9.84 Å². The number of hydrogen-bond acceptors (Lipinski definition) is 3. The number of hydrogen-bond donors (Lipinski definition) is 2. The number of fused-ring (bicyclic) bond motifs is 3. The van der Waals surface area contributed by atoms with Gasteiger partial charge in [-0.2, -0.15) is 0 Å². The zero-order chi connectivity index (χ0) is 19.7. The summed E-state index contributed by atoms with van der Waals surface area (Å²) in [5, 5.41) is 16.3. The molecule has 4 aromatic rings. The minimum Gasteiger partial charge on any atom is -0.495 e. The van der Waals surface area contributed by atoms with Crippen LogP contribution in [0.5, 0.6) is 5.75 Å². The van der Waals surface area contributed by atoms with Crippen molar-refractivity contribution in [2.45, 2.75) is 12.6 Å². The van der Waals surface area contributed by atoms with E-state index in [1.165, 1.54) is 0 Å². The van der Waals surface area contributed by atoms with Crippen LogP contribution in [0.4, 0.5) is 5.69 Å². The van der Waals surface area contributed by atoms with Gasteiger partial charge in [0.05, 0.1) is 25.4 Å². The second-order valence-corrected chi connectivity index (χ2v) is 8.50. The quantitative estimate of drug-likeness (QED) is 0.349. The standard InChI is InChI=1S/C22H20Br2N2O2/c1-28-22-5-3-2-4-19(22)25-12-16(27)13-26-20-8-6-14(23)10-17(20)18-11-15(24)7-9-21(18)26/h2-11,16,25,27H,12-13H2,1H3/t16-/m1/s1. The summed E-state index contributed by atoms with van der Waals surface area (Å²) in [4.78, 5) is 0. The van der Waals surface area contributed by atoms with Crippen molar-refractivity contribution in [2.24, 2.45) is 0 Å². The van der Waals surface area contributed by atoms with E-state index in [4.69, 9.17) is 4.74 Å². The molecule has 0 fully saturated rings. The number of rotatable bonds is 6. The molecule has 1 heterocycles. The summed E-state index contributed by atoms with van der Waals surface area (Å²) in [5.41, 5.74) is 3.08. The summed E-state index contributed by atoms with van der Waals surface area (Å²) in [6.07, 6.45) is -0.559. The Bertz CT molecular complexity index is 1080. The number of ether oxygens (including phenoxy) is 1. The van der Waals surface area contributed by atoms with Crippen LogP contribution in [0.15, 0.2) is 69.6 Å². The van der Waals surface area contributed by atoms with E-state index >= 15 is 0 Å². The lowest BCUT2D eigenvalue weighted by Gasteiger charge is -2.17. The number of halogens is 2. The number of nitrogens with zero attached hydrogens (tertiary/aromatic N) is 1. The maximum atomic E-state index is 10.7. The maximum Gasteiger partial charge on any atom is 0.141 e. The Labute approximate surface area is 180 Å². The summed E-state index contributed by atoms with van der Waals surface area (Å²) in [6.45, 7) is 0.917. The summed E-state index contributed by atoms with van der Waals surface area (Å²) in [5.74, 6) is 0.765. The van der Waals surface area contributed by atoms with Crippen LogP contribution in [0.25, 0.3) is 21.8 Å². The van der Waals surface area contributed by atoms with Gasteiger partial charge in [-0.25, -0.2) is 0 Å². The van der Waals surface area contributed by atoms with Crippen molar-refractivity contribution in [3.05, 3.63) is 69.6 Å². The lowest BCUT2D eigenvalue weighted by atomic mass is 10.2. The van der Waals surface area contributed by atoms with Gasteiger partial charge in [-0.15, -0.1) is 0 Å². The lowest BCUT2D eigenvalue weighted by molar-refractivity contribution is 0.169. The van der Waals surface area contributed by atoms with Gasteiger partial charge in [-0.1, -0.05) is 44.0 Å². The highest BCUT2D eigenvalue weighted by Gasteiger charge is 2.15. The van der Waals surface area contributed by atoms with Crippen LogP contribution < -0.4 is 10.1 Å². The van der Waals surface area contributed by atoms with Gasteiger partial charge in [0.2, 0.25) is 0 Å². The van der Waals surface area contributed by atoms with Crippen LogP contribution in [-0.4, -0.2) is 29.4 Å². The fourth-order valence-corrected chi connectivity index (χ4v) is 4.26. The van der Waals surface area contributed by atoms with Gasteiger partial charge < -0.3 is 19.7 Å². The summed E-state index contributed by atoms with van der Waals surface area (Å²) in [7, 11) is 1.64. The van der Waals surface area contributed by atoms with Crippen LogP contribution in [0, 0.1) is 0 Å². The Morgan fingerprint density at radius 3 is 2.18 bits per heavy atom. The summed E-state index contributed by atoms with van der Waals surface area (Å²) in [6, 6.07) is 20.2. The molecule has 0 radical (unpaired) electrons. The van der Waals surface area contributed by atoms with Gasteiger partial charge in [0.1, 0.15) is 5.75 Å². The second-order valence-electron chi connectivity index (χ2n) is 6.67. The molecule has 0 saturated carbocycles. The Morgan fingerprint density at radius 2 is 1.57 bits per heavy atom. The summed E-state index contributed by atoms with van der Waals surface area (Å²) >= 11 is 7.14. The minimum atomic E-state index is -0.559. The van der Waals surface area contributed by atoms with Gasteiger partial charge in [0, 0.05) is 37.3 Å². The van der Waals surface area contributed by atoms with E-state index in [1.54, 1.807) is 7.11 Å². The van der Waals surface area contributed by atoms with Crippen molar-refractivity contribution in [1.29, 1.82) is 0 Å². The van der Waals surface area contributed by atoms with E-state index in [9.17, 15) is 5.11 Å². The molecule has 4 rings (SSSR count). The Kier molecular flexibility index (Phi) is 5.62. The smallest absolute Gasteiger partial charge is 0.141 e. The van der Waals surface area contributed by atoms with E-state index in [0.717, 1.165) is 42.2 Å². The number of aliphatic hydroxyl groups is 1. The molecule has 0 amide bonds. The molecule has 0 aliphatic carbocycles. The number of para-hydroxylation sites is 2. The van der Waals surface area contributed by atoms with Gasteiger partial charge in [-0.05, 0) is 48.5 Å². The Hall–Kier alpha value is -2.02. The molecular weight excluding hydrogens is 484 g/mol. The van der Waals surface area contributed by atoms with Crippen LogP contribution in [0.1, 0.15) is 0 Å². The maximum absolute atomic E-state index is 10.7. The van der Waals surface area contributed by atoms with Crippen molar-refractivity contribution in [2.75, 3.05) is 19.0 Å². The first-order chi connectivity index (χ1) is 13.6. The number of benzene rings is 3. The number of aliphatic hydroxyl groups excluding tert-OH is 1. The first-order valence-electron chi connectivity index (χ1n) is 8.99. The highest BCUT2D eigenvalue weighted by Crippen LogP contribution is 2.33. The molecule has 1 aromatic heterocycles. The number of anilines is 1. The van der Waals surface area contributed by atoms with Crippen molar-refractivity contribution in [1.82, 2.24) is 4.57 Å². The lowest BCUT2D eigenvalue weighted by Crippen LogP contribution is -2.25. The minimum absolute atomic E-state index is 0.425. The highest BCUT2D eigenvalue weighted by molar-refractivity contribution is 9.10. The molecule has 4 nitrogen and oxygen atoms in total. The normalized spacial score (nSPS) is 12.4. The van der Waals surface area contributed by atoms with E-state index in [0.29, 0.717) is 13.1 Å². The highest BCUT2D eigenvalue weighted by atomic mass is 79.9.